The number of nitrogens with zero attached hydrogens (tertiary/aromatic N) is 4. The van der Waals surface area contributed by atoms with Gasteiger partial charge in [0, 0.05) is 51.2 Å². The number of nitrogens with two attached hydrogens (primary N) is 1. The molecule has 0 fully saturated rings. The third-order valence-electron chi connectivity index (χ3n) is 4.99. The molecule has 2 aromatic heterocycles. The fraction of sp³-hybridized carbons (Fsp3) is 0.524. The van der Waals surface area contributed by atoms with E-state index < -0.39 is 17.2 Å². The Labute approximate surface area is 181 Å². The first-order chi connectivity index (χ1) is 14.6. The van der Waals surface area contributed by atoms with Gasteiger partial charge in [-0.25, -0.2) is 4.79 Å². The van der Waals surface area contributed by atoms with Crippen LogP contribution in [0.3, 0.4) is 0 Å². The molecule has 1 amide bonds. The number of ether oxygens (including phenoxy) is 1. The topological polar surface area (TPSA) is 128 Å². The predicted molar refractivity (Wildman–Crippen MR) is 121 cm³/mol. The number of H-pyrrole nitrogens is 1. The van der Waals surface area contributed by atoms with Gasteiger partial charge in [-0.1, -0.05) is 13.8 Å². The molecule has 2 rings (SSSR count). The van der Waals surface area contributed by atoms with Crippen molar-refractivity contribution in [3.63, 3.8) is 0 Å². The second-order valence-corrected chi connectivity index (χ2v) is 7.88. The van der Waals surface area contributed by atoms with Gasteiger partial charge in [-0.2, -0.15) is 5.10 Å². The van der Waals surface area contributed by atoms with E-state index in [4.69, 9.17) is 10.5 Å². The lowest BCUT2D eigenvalue weighted by molar-refractivity contribution is -0.114. The van der Waals surface area contributed by atoms with Gasteiger partial charge in [-0.05, 0) is 32.3 Å². The molecule has 31 heavy (non-hydrogen) atoms. The smallest absolute Gasteiger partial charge is 0.330 e. The number of carbonyl (C=O) groups excluding carboxylic acids is 1. The fourth-order valence-corrected chi connectivity index (χ4v) is 3.36. The van der Waals surface area contributed by atoms with E-state index in [1.54, 1.807) is 17.9 Å². The zero-order valence-electron chi connectivity index (χ0n) is 19.1. The van der Waals surface area contributed by atoms with Gasteiger partial charge in [0.1, 0.15) is 5.82 Å². The van der Waals surface area contributed by atoms with Crippen molar-refractivity contribution in [3.8, 4) is 0 Å². The lowest BCUT2D eigenvalue weighted by Gasteiger charge is -2.24. The summed E-state index contributed by atoms with van der Waals surface area (Å²) in [5.41, 5.74) is 7.42. The van der Waals surface area contributed by atoms with E-state index in [0.29, 0.717) is 19.6 Å². The number of nitrogen functional groups attached to an aromatic ring is 1. The molecule has 0 bridgehead atoms. The number of hydrogen-bond donors (Lipinski definition) is 2. The van der Waals surface area contributed by atoms with Crippen LogP contribution >= 0.6 is 0 Å². The van der Waals surface area contributed by atoms with Crippen LogP contribution in [-0.2, 0) is 23.1 Å². The first-order valence-electron chi connectivity index (χ1n) is 10.2. The van der Waals surface area contributed by atoms with Gasteiger partial charge < -0.3 is 15.4 Å². The average Bonchev–Trinajstić information content (AvgIpc) is 2.93. The van der Waals surface area contributed by atoms with Gasteiger partial charge in [0.25, 0.3) is 11.5 Å². The SMILES string of the molecule is COCCCN(C(=O)/C=C/c1c(C)nn(C)c1C)c1c(N)n(CC(C)C)c(=O)[nH]c1=O. The number of methoxy groups -OCH3 is 1. The molecule has 170 valence electrons. The molecule has 3 N–H and O–H groups in total. The molecule has 0 spiro atoms. The normalized spacial score (nSPS) is 11.6. The van der Waals surface area contributed by atoms with E-state index in [1.165, 1.54) is 15.5 Å². The Bertz CT molecular complexity index is 1080. The van der Waals surface area contributed by atoms with Crippen molar-refractivity contribution in [3.05, 3.63) is 43.9 Å². The number of aromatic amines is 1. The molecule has 0 aliphatic heterocycles. The molecule has 0 aliphatic carbocycles. The molecule has 0 saturated carbocycles. The summed E-state index contributed by atoms with van der Waals surface area (Å²) in [4.78, 5) is 41.6. The minimum absolute atomic E-state index is 0.0321. The predicted octanol–water partition coefficient (Wildman–Crippen LogP) is 1.21. The Kier molecular flexibility index (Phi) is 7.98. The lowest BCUT2D eigenvalue weighted by Crippen LogP contribution is -2.41. The maximum Gasteiger partial charge on any atom is 0.330 e. The van der Waals surface area contributed by atoms with E-state index in [-0.39, 0.29) is 24.0 Å². The zero-order chi connectivity index (χ0) is 23.3. The molecule has 0 radical (unpaired) electrons. The molecule has 0 saturated heterocycles. The van der Waals surface area contributed by atoms with Crippen LogP contribution in [0.5, 0.6) is 0 Å². The van der Waals surface area contributed by atoms with Crippen LogP contribution in [0.25, 0.3) is 6.08 Å². The number of amides is 1. The summed E-state index contributed by atoms with van der Waals surface area (Å²) in [7, 11) is 3.39. The van der Waals surface area contributed by atoms with Crippen LogP contribution in [0, 0.1) is 19.8 Å². The summed E-state index contributed by atoms with van der Waals surface area (Å²) < 4.78 is 8.11. The van der Waals surface area contributed by atoms with Crippen molar-refractivity contribution < 1.29 is 9.53 Å². The molecule has 10 nitrogen and oxygen atoms in total. The summed E-state index contributed by atoms with van der Waals surface area (Å²) in [6, 6.07) is 0. The highest BCUT2D eigenvalue weighted by Gasteiger charge is 2.23. The van der Waals surface area contributed by atoms with Gasteiger partial charge in [-0.15, -0.1) is 0 Å². The van der Waals surface area contributed by atoms with Crippen LogP contribution in [0.2, 0.25) is 0 Å². The highest BCUT2D eigenvalue weighted by Crippen LogP contribution is 2.20. The van der Waals surface area contributed by atoms with Gasteiger partial charge in [0.15, 0.2) is 5.69 Å². The minimum atomic E-state index is -0.699. The summed E-state index contributed by atoms with van der Waals surface area (Å²) in [5.74, 6) is -0.339. The van der Waals surface area contributed by atoms with Gasteiger partial charge in [0.2, 0.25) is 0 Å². The summed E-state index contributed by atoms with van der Waals surface area (Å²) >= 11 is 0. The summed E-state index contributed by atoms with van der Waals surface area (Å²) in [5, 5.41) is 4.34. The van der Waals surface area contributed by atoms with E-state index in [9.17, 15) is 14.4 Å². The van der Waals surface area contributed by atoms with Crippen molar-refractivity contribution in [2.75, 3.05) is 30.9 Å². The van der Waals surface area contributed by atoms with Crippen molar-refractivity contribution in [1.29, 1.82) is 0 Å². The largest absolute Gasteiger partial charge is 0.385 e. The third kappa shape index (κ3) is 5.52. The first-order valence-corrected chi connectivity index (χ1v) is 10.2. The van der Waals surface area contributed by atoms with Gasteiger partial charge in [-0.3, -0.25) is 23.8 Å². The summed E-state index contributed by atoms with van der Waals surface area (Å²) in [6.45, 7) is 8.55. The van der Waals surface area contributed by atoms with E-state index in [0.717, 1.165) is 17.0 Å². The van der Waals surface area contributed by atoms with E-state index >= 15 is 0 Å². The number of nitrogens with one attached hydrogen (secondary N) is 1. The Hall–Kier alpha value is -3.14. The van der Waals surface area contributed by atoms with Crippen LogP contribution in [0.4, 0.5) is 11.5 Å². The number of carbonyl (C=O) groups is 1. The van der Waals surface area contributed by atoms with E-state index in [1.807, 2.05) is 34.7 Å². The van der Waals surface area contributed by atoms with Crippen LogP contribution in [0.15, 0.2) is 15.7 Å². The molecular formula is C21H32N6O4. The zero-order valence-corrected chi connectivity index (χ0v) is 19.1. The maximum atomic E-state index is 13.1. The number of rotatable bonds is 9. The quantitative estimate of drug-likeness (QED) is 0.453. The molecule has 0 aliphatic rings. The third-order valence-corrected chi connectivity index (χ3v) is 4.99. The highest BCUT2D eigenvalue weighted by molar-refractivity contribution is 6.05. The number of hydrogen-bond acceptors (Lipinski definition) is 6. The van der Waals surface area contributed by atoms with E-state index in [2.05, 4.69) is 10.1 Å². The molecule has 0 unspecified atom stereocenters. The summed E-state index contributed by atoms with van der Waals surface area (Å²) in [6.07, 6.45) is 3.56. The monoisotopic (exact) mass is 432 g/mol. The van der Waals surface area contributed by atoms with Crippen molar-refractivity contribution >= 4 is 23.5 Å². The molecule has 2 heterocycles. The maximum absolute atomic E-state index is 13.1. The van der Waals surface area contributed by atoms with Crippen molar-refractivity contribution in [2.45, 2.75) is 40.7 Å². The second-order valence-electron chi connectivity index (χ2n) is 7.88. The fourth-order valence-electron chi connectivity index (χ4n) is 3.36. The number of anilines is 2. The van der Waals surface area contributed by atoms with Crippen LogP contribution in [0.1, 0.15) is 37.2 Å². The number of aryl methyl sites for hydroxylation is 2. The van der Waals surface area contributed by atoms with Gasteiger partial charge >= 0.3 is 5.69 Å². The average molecular weight is 433 g/mol. The Morgan fingerprint density at radius 1 is 1.32 bits per heavy atom. The molecule has 0 atom stereocenters. The minimum Gasteiger partial charge on any atom is -0.385 e. The molecule has 10 heteroatoms. The van der Waals surface area contributed by atoms with Crippen LogP contribution < -0.4 is 21.9 Å². The van der Waals surface area contributed by atoms with Crippen molar-refractivity contribution in [1.82, 2.24) is 19.3 Å². The Balaban J connectivity index is 2.51. The Morgan fingerprint density at radius 2 is 2.00 bits per heavy atom. The molecular weight excluding hydrogens is 400 g/mol. The number of aromatic nitrogens is 4. The Morgan fingerprint density at radius 3 is 2.55 bits per heavy atom. The highest BCUT2D eigenvalue weighted by atomic mass is 16.5. The van der Waals surface area contributed by atoms with Crippen molar-refractivity contribution in [2.24, 2.45) is 13.0 Å². The second kappa shape index (κ2) is 10.3. The molecule has 2 aromatic rings. The van der Waals surface area contributed by atoms with Gasteiger partial charge in [0.05, 0.1) is 5.69 Å². The molecule has 0 aromatic carbocycles. The first kappa shape index (κ1) is 24.1. The van der Waals surface area contributed by atoms with Crippen LogP contribution in [-0.4, -0.2) is 45.5 Å². The lowest BCUT2D eigenvalue weighted by atomic mass is 10.2. The standard InChI is InChI=1S/C21H32N6O4/c1-13(2)12-27-19(22)18(20(29)23-21(27)30)26(10-7-11-31-6)17(28)9-8-16-14(3)24-25(5)15(16)4/h8-9,13H,7,10-12,22H2,1-6H3,(H,23,29,30)/b9-8+.